The average molecular weight is 360 g/mol. The largest absolute Gasteiger partial charge is 0.336 e. The van der Waals surface area contributed by atoms with Crippen molar-refractivity contribution < 1.29 is 4.79 Å². The Bertz CT molecular complexity index is 485. The predicted octanol–water partition coefficient (Wildman–Crippen LogP) is 3.52. The van der Waals surface area contributed by atoms with Gasteiger partial charge in [-0.3, -0.25) is 9.69 Å². The molecule has 1 saturated heterocycles. The van der Waals surface area contributed by atoms with Crippen molar-refractivity contribution in [2.45, 2.75) is 13.8 Å². The van der Waals surface area contributed by atoms with Gasteiger partial charge in [-0.05, 0) is 24.1 Å². The first kappa shape index (κ1) is 15.8. The summed E-state index contributed by atoms with van der Waals surface area (Å²) in [7, 11) is 0. The Balaban J connectivity index is 2.00. The Kier molecular flexibility index (Phi) is 5.47. The van der Waals surface area contributed by atoms with Gasteiger partial charge in [0.2, 0.25) is 0 Å². The topological polar surface area (TPSA) is 23.6 Å². The van der Waals surface area contributed by atoms with Crippen molar-refractivity contribution in [3.8, 4) is 0 Å². The Morgan fingerprint density at radius 2 is 1.95 bits per heavy atom. The number of piperazine rings is 1. The number of halogens is 2. The van der Waals surface area contributed by atoms with Gasteiger partial charge in [-0.25, -0.2) is 0 Å². The quantitative estimate of drug-likeness (QED) is 0.824. The molecule has 0 N–H and O–H groups in total. The van der Waals surface area contributed by atoms with E-state index in [2.05, 4.69) is 34.7 Å². The van der Waals surface area contributed by atoms with Crippen molar-refractivity contribution in [3.05, 3.63) is 33.3 Å². The second kappa shape index (κ2) is 6.92. The van der Waals surface area contributed by atoms with Gasteiger partial charge >= 0.3 is 0 Å². The number of hydrogen-bond acceptors (Lipinski definition) is 2. The molecule has 2 rings (SSSR count). The Morgan fingerprint density at radius 3 is 2.55 bits per heavy atom. The molecule has 1 heterocycles. The van der Waals surface area contributed by atoms with Crippen LogP contribution in [0.4, 0.5) is 0 Å². The molecule has 20 heavy (non-hydrogen) atoms. The molecule has 5 heteroatoms. The van der Waals surface area contributed by atoms with E-state index in [0.29, 0.717) is 16.5 Å². The fourth-order valence-electron chi connectivity index (χ4n) is 2.48. The molecule has 0 unspecified atom stereocenters. The van der Waals surface area contributed by atoms with E-state index in [1.54, 1.807) is 12.1 Å². The number of benzene rings is 1. The van der Waals surface area contributed by atoms with Crippen molar-refractivity contribution in [1.29, 1.82) is 0 Å². The standard InChI is InChI=1S/C15H20BrClN2O/c1-11(2)10-18-5-7-19(8-6-18)15(20)13-9-12(16)3-4-14(13)17/h3-4,9,11H,5-8,10H2,1-2H3. The van der Waals surface area contributed by atoms with Crippen molar-refractivity contribution in [2.24, 2.45) is 5.92 Å². The van der Waals surface area contributed by atoms with Gasteiger partial charge in [-0.1, -0.05) is 41.4 Å². The second-order valence-electron chi connectivity index (χ2n) is 5.61. The maximum atomic E-state index is 12.5. The van der Waals surface area contributed by atoms with Gasteiger partial charge in [-0.2, -0.15) is 0 Å². The number of hydrogen-bond donors (Lipinski definition) is 0. The molecule has 110 valence electrons. The molecule has 0 saturated carbocycles. The van der Waals surface area contributed by atoms with E-state index in [0.717, 1.165) is 37.2 Å². The summed E-state index contributed by atoms with van der Waals surface area (Å²) >= 11 is 9.52. The van der Waals surface area contributed by atoms with Crippen LogP contribution < -0.4 is 0 Å². The van der Waals surface area contributed by atoms with E-state index >= 15 is 0 Å². The van der Waals surface area contributed by atoms with Crippen molar-refractivity contribution >= 4 is 33.4 Å². The lowest BCUT2D eigenvalue weighted by Crippen LogP contribution is -2.49. The first-order valence-corrected chi connectivity index (χ1v) is 8.11. The fraction of sp³-hybridized carbons (Fsp3) is 0.533. The third-order valence-electron chi connectivity index (χ3n) is 3.44. The van der Waals surface area contributed by atoms with Crippen molar-refractivity contribution in [2.75, 3.05) is 32.7 Å². The van der Waals surface area contributed by atoms with E-state index in [1.807, 2.05) is 11.0 Å². The van der Waals surface area contributed by atoms with Crippen molar-refractivity contribution in [1.82, 2.24) is 9.80 Å². The Labute approximate surface area is 134 Å². The Hall–Kier alpha value is -0.580. The molecule has 1 fully saturated rings. The number of rotatable bonds is 3. The molecular weight excluding hydrogens is 340 g/mol. The zero-order chi connectivity index (χ0) is 14.7. The molecule has 0 spiro atoms. The molecule has 3 nitrogen and oxygen atoms in total. The van der Waals surface area contributed by atoms with E-state index in [1.165, 1.54) is 0 Å². The lowest BCUT2D eigenvalue weighted by molar-refractivity contribution is 0.0624. The molecule has 1 aliphatic heterocycles. The maximum Gasteiger partial charge on any atom is 0.255 e. The van der Waals surface area contributed by atoms with Gasteiger partial charge in [-0.15, -0.1) is 0 Å². The van der Waals surface area contributed by atoms with Crippen LogP contribution in [0.5, 0.6) is 0 Å². The van der Waals surface area contributed by atoms with Crippen LogP contribution in [0, 0.1) is 5.92 Å². The van der Waals surface area contributed by atoms with Gasteiger partial charge in [0.25, 0.3) is 5.91 Å². The summed E-state index contributed by atoms with van der Waals surface area (Å²) in [5.74, 6) is 0.692. The molecule has 1 aliphatic rings. The smallest absolute Gasteiger partial charge is 0.255 e. The molecular formula is C15H20BrClN2O. The van der Waals surface area contributed by atoms with Crippen LogP contribution in [0.2, 0.25) is 5.02 Å². The van der Waals surface area contributed by atoms with Crippen molar-refractivity contribution in [3.63, 3.8) is 0 Å². The number of carbonyl (C=O) groups is 1. The number of amides is 1. The summed E-state index contributed by atoms with van der Waals surface area (Å²) in [5.41, 5.74) is 0.582. The summed E-state index contributed by atoms with van der Waals surface area (Å²) < 4.78 is 0.878. The highest BCUT2D eigenvalue weighted by Gasteiger charge is 2.23. The summed E-state index contributed by atoms with van der Waals surface area (Å²) in [6.07, 6.45) is 0. The first-order chi connectivity index (χ1) is 9.47. The summed E-state index contributed by atoms with van der Waals surface area (Å²) in [6, 6.07) is 5.40. The van der Waals surface area contributed by atoms with Crippen LogP contribution in [0.1, 0.15) is 24.2 Å². The fourth-order valence-corrected chi connectivity index (χ4v) is 3.04. The molecule has 0 atom stereocenters. The van der Waals surface area contributed by atoms with Gasteiger partial charge < -0.3 is 4.90 Å². The van der Waals surface area contributed by atoms with E-state index in [9.17, 15) is 4.79 Å². The normalized spacial score (nSPS) is 16.8. The summed E-state index contributed by atoms with van der Waals surface area (Å²) in [6.45, 7) is 8.96. The number of nitrogens with zero attached hydrogens (tertiary/aromatic N) is 2. The SMILES string of the molecule is CC(C)CN1CCN(C(=O)c2cc(Br)ccc2Cl)CC1. The minimum atomic E-state index is 0.0282. The zero-order valence-corrected chi connectivity index (χ0v) is 14.2. The molecule has 1 aromatic carbocycles. The average Bonchev–Trinajstić information content (AvgIpc) is 2.41. The third kappa shape index (κ3) is 3.96. The third-order valence-corrected chi connectivity index (χ3v) is 4.26. The second-order valence-corrected chi connectivity index (χ2v) is 6.93. The first-order valence-electron chi connectivity index (χ1n) is 6.94. The van der Waals surface area contributed by atoms with E-state index in [4.69, 9.17) is 11.6 Å². The molecule has 0 aliphatic carbocycles. The van der Waals surface area contributed by atoms with Crippen LogP contribution in [0.3, 0.4) is 0 Å². The number of carbonyl (C=O) groups excluding carboxylic acids is 1. The van der Waals surface area contributed by atoms with E-state index in [-0.39, 0.29) is 5.91 Å². The highest BCUT2D eigenvalue weighted by atomic mass is 79.9. The highest BCUT2D eigenvalue weighted by molar-refractivity contribution is 9.10. The molecule has 0 aromatic heterocycles. The summed E-state index contributed by atoms with van der Waals surface area (Å²) in [4.78, 5) is 16.8. The Morgan fingerprint density at radius 1 is 1.30 bits per heavy atom. The highest BCUT2D eigenvalue weighted by Crippen LogP contribution is 2.23. The zero-order valence-electron chi connectivity index (χ0n) is 11.9. The molecule has 1 aromatic rings. The van der Waals surface area contributed by atoms with Crippen LogP contribution in [-0.4, -0.2) is 48.4 Å². The summed E-state index contributed by atoms with van der Waals surface area (Å²) in [5, 5.41) is 0.516. The van der Waals surface area contributed by atoms with Gasteiger partial charge in [0.15, 0.2) is 0 Å². The van der Waals surface area contributed by atoms with Gasteiger partial charge in [0, 0.05) is 37.2 Å². The molecule has 0 bridgehead atoms. The van der Waals surface area contributed by atoms with Crippen LogP contribution in [-0.2, 0) is 0 Å². The molecule has 1 amide bonds. The maximum absolute atomic E-state index is 12.5. The lowest BCUT2D eigenvalue weighted by atomic mass is 10.1. The molecule has 0 radical (unpaired) electrons. The predicted molar refractivity (Wildman–Crippen MR) is 86.3 cm³/mol. The van der Waals surface area contributed by atoms with Crippen LogP contribution in [0.25, 0.3) is 0 Å². The van der Waals surface area contributed by atoms with Crippen LogP contribution >= 0.6 is 27.5 Å². The van der Waals surface area contributed by atoms with E-state index < -0.39 is 0 Å². The monoisotopic (exact) mass is 358 g/mol. The van der Waals surface area contributed by atoms with Gasteiger partial charge in [0.05, 0.1) is 10.6 Å². The lowest BCUT2D eigenvalue weighted by Gasteiger charge is -2.35. The van der Waals surface area contributed by atoms with Gasteiger partial charge in [0.1, 0.15) is 0 Å². The van der Waals surface area contributed by atoms with Crippen LogP contribution in [0.15, 0.2) is 22.7 Å². The minimum absolute atomic E-state index is 0.0282. The minimum Gasteiger partial charge on any atom is -0.336 e.